The topological polar surface area (TPSA) is 59.8 Å². The molecule has 1 aliphatic rings. The lowest BCUT2D eigenvalue weighted by molar-refractivity contribution is -0.115. The normalized spacial score (nSPS) is 15.4. The molecule has 0 bridgehead atoms. The molecule has 23 heavy (non-hydrogen) atoms. The fourth-order valence-electron chi connectivity index (χ4n) is 2.35. The van der Waals surface area contributed by atoms with E-state index in [9.17, 15) is 9.18 Å². The lowest BCUT2D eigenvalue weighted by atomic mass is 10.3. The molecule has 1 atom stereocenters. The molecule has 0 unspecified atom stereocenters. The van der Waals surface area contributed by atoms with Gasteiger partial charge in [-0.05, 0) is 44.9 Å². The first kappa shape index (κ1) is 16.0. The number of amides is 1. The van der Waals surface area contributed by atoms with Crippen molar-refractivity contribution in [3.05, 3.63) is 35.9 Å². The van der Waals surface area contributed by atoms with Crippen molar-refractivity contribution in [1.29, 1.82) is 0 Å². The van der Waals surface area contributed by atoms with Gasteiger partial charge in [0.1, 0.15) is 11.6 Å². The number of hydrogen-bond donors (Lipinski definition) is 1. The largest absolute Gasteiger partial charge is 0.325 e. The molecule has 1 aliphatic carbocycles. The highest BCUT2D eigenvalue weighted by Crippen LogP contribution is 2.40. The van der Waals surface area contributed by atoms with Gasteiger partial charge in [-0.25, -0.2) is 4.39 Å². The Labute approximate surface area is 138 Å². The highest BCUT2D eigenvalue weighted by molar-refractivity contribution is 8.00. The first-order chi connectivity index (χ1) is 11.1. The lowest BCUT2D eigenvalue weighted by Gasteiger charge is -2.12. The fourth-order valence-corrected chi connectivity index (χ4v) is 3.27. The van der Waals surface area contributed by atoms with Gasteiger partial charge in [0.25, 0.3) is 0 Å². The zero-order valence-electron chi connectivity index (χ0n) is 13.1. The van der Waals surface area contributed by atoms with Gasteiger partial charge in [0.05, 0.1) is 5.25 Å². The summed E-state index contributed by atoms with van der Waals surface area (Å²) in [5, 5.41) is 11.6. The van der Waals surface area contributed by atoms with E-state index in [0.717, 1.165) is 17.5 Å². The predicted molar refractivity (Wildman–Crippen MR) is 88.0 cm³/mol. The van der Waals surface area contributed by atoms with Crippen LogP contribution in [0.4, 0.5) is 10.1 Å². The standard InChI is InChI=1S/C16H19FN4OS/c1-3-21-14(11-7-8-11)19-20-16(21)23-10(2)15(22)18-13-6-4-5-12(17)9-13/h4-6,9-11H,3,7-8H2,1-2H3,(H,18,22)/t10-/m1/s1. The van der Waals surface area contributed by atoms with E-state index in [2.05, 4.69) is 27.0 Å². The second-order valence-corrected chi connectivity index (χ2v) is 6.93. The number of carbonyl (C=O) groups excluding carboxylic acids is 1. The Morgan fingerprint density at radius 1 is 1.48 bits per heavy atom. The average molecular weight is 334 g/mol. The van der Waals surface area contributed by atoms with Gasteiger partial charge in [-0.1, -0.05) is 17.8 Å². The number of thioether (sulfide) groups is 1. The molecule has 0 radical (unpaired) electrons. The molecule has 0 spiro atoms. The van der Waals surface area contributed by atoms with Crippen LogP contribution in [0, 0.1) is 5.82 Å². The number of benzene rings is 1. The third kappa shape index (κ3) is 3.72. The lowest BCUT2D eigenvalue weighted by Crippen LogP contribution is -2.23. The quantitative estimate of drug-likeness (QED) is 0.822. The summed E-state index contributed by atoms with van der Waals surface area (Å²) < 4.78 is 15.2. The number of carbonyl (C=O) groups is 1. The third-order valence-electron chi connectivity index (χ3n) is 3.75. The van der Waals surface area contributed by atoms with Crippen molar-refractivity contribution in [3.8, 4) is 0 Å². The number of nitrogens with zero attached hydrogens (tertiary/aromatic N) is 3. The van der Waals surface area contributed by atoms with Crippen molar-refractivity contribution in [2.75, 3.05) is 5.32 Å². The van der Waals surface area contributed by atoms with Gasteiger partial charge >= 0.3 is 0 Å². The SMILES string of the molecule is CCn1c(S[C@H](C)C(=O)Nc2cccc(F)c2)nnc1C1CC1. The summed E-state index contributed by atoms with van der Waals surface area (Å²) in [4.78, 5) is 12.3. The van der Waals surface area contributed by atoms with E-state index in [0.29, 0.717) is 11.6 Å². The Hall–Kier alpha value is -1.89. The number of nitrogens with one attached hydrogen (secondary N) is 1. The van der Waals surface area contributed by atoms with Crippen LogP contribution in [0.5, 0.6) is 0 Å². The molecular weight excluding hydrogens is 315 g/mol. The number of anilines is 1. The smallest absolute Gasteiger partial charge is 0.237 e. The Morgan fingerprint density at radius 2 is 2.26 bits per heavy atom. The molecule has 1 N–H and O–H groups in total. The highest BCUT2D eigenvalue weighted by atomic mass is 32.2. The number of halogens is 1. The Morgan fingerprint density at radius 3 is 2.91 bits per heavy atom. The molecule has 1 amide bonds. The molecule has 1 heterocycles. The maximum Gasteiger partial charge on any atom is 0.237 e. The van der Waals surface area contributed by atoms with Gasteiger partial charge in [0.2, 0.25) is 5.91 Å². The van der Waals surface area contributed by atoms with Crippen LogP contribution in [0.1, 0.15) is 38.4 Å². The van der Waals surface area contributed by atoms with Gasteiger partial charge in [-0.2, -0.15) is 0 Å². The molecule has 1 aromatic heterocycles. The van der Waals surface area contributed by atoms with Crippen LogP contribution in [0.25, 0.3) is 0 Å². The molecule has 122 valence electrons. The van der Waals surface area contributed by atoms with E-state index < -0.39 is 0 Å². The van der Waals surface area contributed by atoms with Crippen LogP contribution in [0.3, 0.4) is 0 Å². The van der Waals surface area contributed by atoms with Crippen molar-refractivity contribution in [2.45, 2.75) is 49.6 Å². The van der Waals surface area contributed by atoms with Crippen LogP contribution >= 0.6 is 11.8 Å². The zero-order valence-corrected chi connectivity index (χ0v) is 13.9. The van der Waals surface area contributed by atoms with Crippen LogP contribution in [0.2, 0.25) is 0 Å². The van der Waals surface area contributed by atoms with E-state index in [1.54, 1.807) is 12.1 Å². The summed E-state index contributed by atoms with van der Waals surface area (Å²) in [6, 6.07) is 5.88. The summed E-state index contributed by atoms with van der Waals surface area (Å²) >= 11 is 1.38. The highest BCUT2D eigenvalue weighted by Gasteiger charge is 2.30. The predicted octanol–water partition coefficient (Wildman–Crippen LogP) is 3.43. The minimum atomic E-state index is -0.372. The number of rotatable bonds is 6. The van der Waals surface area contributed by atoms with Crippen molar-refractivity contribution in [1.82, 2.24) is 14.8 Å². The van der Waals surface area contributed by atoms with E-state index in [-0.39, 0.29) is 17.0 Å². The molecule has 3 rings (SSSR count). The zero-order chi connectivity index (χ0) is 16.4. The third-order valence-corrected chi connectivity index (χ3v) is 4.83. The molecule has 5 nitrogen and oxygen atoms in total. The molecule has 1 aromatic carbocycles. The summed E-state index contributed by atoms with van der Waals surface area (Å²) in [6.45, 7) is 4.65. The first-order valence-corrected chi connectivity index (χ1v) is 8.62. The van der Waals surface area contributed by atoms with E-state index >= 15 is 0 Å². The summed E-state index contributed by atoms with van der Waals surface area (Å²) in [6.07, 6.45) is 2.33. The Bertz CT molecular complexity index is 714. The van der Waals surface area contributed by atoms with Gasteiger partial charge in [-0.3, -0.25) is 4.79 Å². The molecule has 2 aromatic rings. The molecular formula is C16H19FN4OS. The van der Waals surface area contributed by atoms with Gasteiger partial charge in [-0.15, -0.1) is 10.2 Å². The monoisotopic (exact) mass is 334 g/mol. The summed E-state index contributed by atoms with van der Waals surface area (Å²) in [5.74, 6) is 0.989. The Kier molecular flexibility index (Phi) is 4.66. The molecule has 1 saturated carbocycles. The van der Waals surface area contributed by atoms with Crippen molar-refractivity contribution in [3.63, 3.8) is 0 Å². The van der Waals surface area contributed by atoms with E-state index in [4.69, 9.17) is 0 Å². The van der Waals surface area contributed by atoms with Gasteiger partial charge < -0.3 is 9.88 Å². The van der Waals surface area contributed by atoms with Crippen LogP contribution in [0.15, 0.2) is 29.4 Å². The van der Waals surface area contributed by atoms with Crippen molar-refractivity contribution < 1.29 is 9.18 Å². The molecule has 0 aliphatic heterocycles. The summed E-state index contributed by atoms with van der Waals surface area (Å²) in [7, 11) is 0. The number of hydrogen-bond acceptors (Lipinski definition) is 4. The Balaban J connectivity index is 1.66. The van der Waals surface area contributed by atoms with Crippen LogP contribution in [-0.4, -0.2) is 25.9 Å². The van der Waals surface area contributed by atoms with Crippen LogP contribution in [-0.2, 0) is 11.3 Å². The second-order valence-electron chi connectivity index (χ2n) is 5.62. The van der Waals surface area contributed by atoms with E-state index in [1.165, 1.54) is 36.7 Å². The van der Waals surface area contributed by atoms with Crippen molar-refractivity contribution in [2.24, 2.45) is 0 Å². The van der Waals surface area contributed by atoms with Crippen molar-refractivity contribution >= 4 is 23.4 Å². The maximum atomic E-state index is 13.2. The molecule has 7 heteroatoms. The fraction of sp³-hybridized carbons (Fsp3) is 0.438. The van der Waals surface area contributed by atoms with Gasteiger partial charge in [0, 0.05) is 18.2 Å². The maximum absolute atomic E-state index is 13.2. The first-order valence-electron chi connectivity index (χ1n) is 7.74. The van der Waals surface area contributed by atoms with E-state index in [1.807, 2.05) is 6.92 Å². The molecule has 1 fully saturated rings. The summed E-state index contributed by atoms with van der Waals surface area (Å²) in [5.41, 5.74) is 0.457. The molecule has 0 saturated heterocycles. The van der Waals surface area contributed by atoms with Crippen LogP contribution < -0.4 is 5.32 Å². The number of aromatic nitrogens is 3. The average Bonchev–Trinajstić information content (AvgIpc) is 3.28. The minimum Gasteiger partial charge on any atom is -0.325 e. The second kappa shape index (κ2) is 6.70. The minimum absolute atomic E-state index is 0.181. The van der Waals surface area contributed by atoms with Gasteiger partial charge in [0.15, 0.2) is 5.16 Å².